The summed E-state index contributed by atoms with van der Waals surface area (Å²) in [6, 6.07) is 21.6. The summed E-state index contributed by atoms with van der Waals surface area (Å²) in [5, 5.41) is 36.3. The van der Waals surface area contributed by atoms with Crippen molar-refractivity contribution >= 4 is 45.9 Å². The first-order valence-corrected chi connectivity index (χ1v) is 11.9. The monoisotopic (exact) mass is 538 g/mol. The molecular formula is C28H22N6O6. The number of nitrogens with one attached hydrogen (secondary N) is 2. The number of carbonyl (C=O) groups excluding carboxylic acids is 2. The molecule has 12 heteroatoms. The number of aryl methyl sites for hydroxylation is 2. The molecule has 2 N–H and O–H groups in total. The van der Waals surface area contributed by atoms with Crippen LogP contribution in [0.2, 0.25) is 0 Å². The molecule has 0 bridgehead atoms. The van der Waals surface area contributed by atoms with Crippen LogP contribution in [0, 0.1) is 34.1 Å². The predicted molar refractivity (Wildman–Crippen MR) is 149 cm³/mol. The second kappa shape index (κ2) is 11.7. The van der Waals surface area contributed by atoms with Crippen LogP contribution in [0.1, 0.15) is 31.8 Å². The molecule has 2 amide bonds. The lowest BCUT2D eigenvalue weighted by molar-refractivity contribution is -0.385. The number of hydrogen-bond acceptors (Lipinski definition) is 8. The fourth-order valence-corrected chi connectivity index (χ4v) is 3.70. The van der Waals surface area contributed by atoms with E-state index in [0.717, 1.165) is 0 Å². The van der Waals surface area contributed by atoms with E-state index in [-0.39, 0.29) is 39.6 Å². The molecule has 0 unspecified atom stereocenters. The molecule has 0 aliphatic carbocycles. The Kier molecular flexibility index (Phi) is 7.99. The molecule has 0 radical (unpaired) electrons. The fraction of sp³-hybridized carbons (Fsp3) is 0.0714. The lowest BCUT2D eigenvalue weighted by Gasteiger charge is -2.12. The molecule has 0 heterocycles. The van der Waals surface area contributed by atoms with Crippen molar-refractivity contribution in [3.05, 3.63) is 127 Å². The smallest absolute Gasteiger partial charge is 0.273 e. The van der Waals surface area contributed by atoms with Crippen LogP contribution in [-0.4, -0.2) is 21.7 Å². The zero-order chi connectivity index (χ0) is 28.8. The Hall–Kier alpha value is -5.78. The lowest BCUT2D eigenvalue weighted by Crippen LogP contribution is -2.14. The van der Waals surface area contributed by atoms with Gasteiger partial charge in [-0.3, -0.25) is 29.8 Å². The van der Waals surface area contributed by atoms with Gasteiger partial charge < -0.3 is 10.6 Å². The van der Waals surface area contributed by atoms with Crippen LogP contribution in [0.25, 0.3) is 0 Å². The van der Waals surface area contributed by atoms with E-state index in [2.05, 4.69) is 20.9 Å². The van der Waals surface area contributed by atoms with Gasteiger partial charge in [0.15, 0.2) is 0 Å². The quantitative estimate of drug-likeness (QED) is 0.138. The third-order valence-corrected chi connectivity index (χ3v) is 5.87. The molecule has 4 rings (SSSR count). The Morgan fingerprint density at radius 3 is 1.77 bits per heavy atom. The predicted octanol–water partition coefficient (Wildman–Crippen LogP) is 7.04. The van der Waals surface area contributed by atoms with E-state index in [9.17, 15) is 29.8 Å². The molecule has 4 aromatic rings. The number of amides is 2. The van der Waals surface area contributed by atoms with Gasteiger partial charge in [-0.1, -0.05) is 30.3 Å². The van der Waals surface area contributed by atoms with E-state index in [0.29, 0.717) is 16.8 Å². The van der Waals surface area contributed by atoms with Crippen molar-refractivity contribution in [3.8, 4) is 0 Å². The minimum absolute atomic E-state index is 0.0460. The number of rotatable bonds is 8. The summed E-state index contributed by atoms with van der Waals surface area (Å²) >= 11 is 0. The molecule has 40 heavy (non-hydrogen) atoms. The summed E-state index contributed by atoms with van der Waals surface area (Å²) in [6.45, 7) is 3.14. The van der Waals surface area contributed by atoms with Crippen molar-refractivity contribution in [1.29, 1.82) is 0 Å². The van der Waals surface area contributed by atoms with Crippen LogP contribution in [0.5, 0.6) is 0 Å². The first-order chi connectivity index (χ1) is 19.1. The van der Waals surface area contributed by atoms with Crippen molar-refractivity contribution in [3.63, 3.8) is 0 Å². The number of azo groups is 1. The van der Waals surface area contributed by atoms with Gasteiger partial charge in [-0.25, -0.2) is 0 Å². The molecule has 200 valence electrons. The van der Waals surface area contributed by atoms with Gasteiger partial charge in [0, 0.05) is 40.1 Å². The number of nitrogens with zero attached hydrogens (tertiary/aromatic N) is 4. The zero-order valence-electron chi connectivity index (χ0n) is 21.3. The molecule has 0 spiro atoms. The van der Waals surface area contributed by atoms with E-state index >= 15 is 0 Å². The average molecular weight is 539 g/mol. The molecule has 0 aliphatic heterocycles. The minimum atomic E-state index is -0.642. The Morgan fingerprint density at radius 1 is 0.675 bits per heavy atom. The summed E-state index contributed by atoms with van der Waals surface area (Å²) in [6.07, 6.45) is 0. The fourth-order valence-electron chi connectivity index (χ4n) is 3.70. The highest BCUT2D eigenvalue weighted by atomic mass is 16.6. The third kappa shape index (κ3) is 6.37. The first-order valence-electron chi connectivity index (χ1n) is 11.9. The van der Waals surface area contributed by atoms with E-state index < -0.39 is 21.7 Å². The molecule has 0 fully saturated rings. The van der Waals surface area contributed by atoms with E-state index in [1.807, 2.05) is 6.07 Å². The number of hydrogen-bond donors (Lipinski definition) is 2. The van der Waals surface area contributed by atoms with Gasteiger partial charge in [0.2, 0.25) is 0 Å². The lowest BCUT2D eigenvalue weighted by atomic mass is 10.1. The SMILES string of the molecule is Cc1ccc(C(=O)Nc2ccc(N=Nc3ccccc3)c(NC(=O)c3ccc(C)c([N+](=O)[O-])c3)c2)cc1[N+](=O)[O-]. The van der Waals surface area contributed by atoms with Crippen LogP contribution in [-0.2, 0) is 0 Å². The molecular weight excluding hydrogens is 516 g/mol. The number of nitro groups is 2. The average Bonchev–Trinajstić information content (AvgIpc) is 2.93. The topological polar surface area (TPSA) is 169 Å². The first kappa shape index (κ1) is 27.3. The van der Waals surface area contributed by atoms with Gasteiger partial charge >= 0.3 is 0 Å². The minimum Gasteiger partial charge on any atom is -0.322 e. The van der Waals surface area contributed by atoms with E-state index in [1.54, 1.807) is 38.1 Å². The number of carbonyl (C=O) groups is 2. The highest BCUT2D eigenvalue weighted by molar-refractivity contribution is 6.08. The van der Waals surface area contributed by atoms with Gasteiger partial charge in [0.05, 0.1) is 21.2 Å². The highest BCUT2D eigenvalue weighted by Crippen LogP contribution is 2.31. The Labute approximate surface area is 227 Å². The van der Waals surface area contributed by atoms with Crippen LogP contribution >= 0.6 is 0 Å². The van der Waals surface area contributed by atoms with Crippen molar-refractivity contribution in [2.24, 2.45) is 10.2 Å². The maximum atomic E-state index is 13.1. The van der Waals surface area contributed by atoms with Gasteiger partial charge in [-0.05, 0) is 56.3 Å². The standard InChI is InChI=1S/C28H22N6O6/c1-17-8-10-19(14-25(17)33(37)38)27(35)29-22-12-13-23(32-31-21-6-4-3-5-7-21)24(16-22)30-28(36)20-11-9-18(2)26(15-20)34(39)40/h3-16H,1-2H3,(H,29,35)(H,30,36). The maximum Gasteiger partial charge on any atom is 0.273 e. The second-order valence-electron chi connectivity index (χ2n) is 8.69. The van der Waals surface area contributed by atoms with Crippen molar-refractivity contribution < 1.29 is 19.4 Å². The maximum absolute atomic E-state index is 13.1. The summed E-state index contributed by atoms with van der Waals surface area (Å²) in [5.74, 6) is -1.25. The van der Waals surface area contributed by atoms with Gasteiger partial charge in [0.1, 0.15) is 5.69 Å². The number of anilines is 2. The molecule has 0 saturated heterocycles. The van der Waals surface area contributed by atoms with Crippen LogP contribution in [0.3, 0.4) is 0 Å². The normalized spacial score (nSPS) is 10.8. The van der Waals surface area contributed by atoms with Crippen molar-refractivity contribution in [1.82, 2.24) is 0 Å². The van der Waals surface area contributed by atoms with Gasteiger partial charge in [0.25, 0.3) is 23.2 Å². The van der Waals surface area contributed by atoms with Gasteiger partial charge in [-0.15, -0.1) is 5.11 Å². The van der Waals surface area contributed by atoms with Crippen molar-refractivity contribution in [2.75, 3.05) is 10.6 Å². The molecule has 0 aliphatic rings. The number of nitro benzene ring substituents is 2. The molecule has 4 aromatic carbocycles. The van der Waals surface area contributed by atoms with Gasteiger partial charge in [-0.2, -0.15) is 5.11 Å². The zero-order valence-corrected chi connectivity index (χ0v) is 21.3. The number of benzene rings is 4. The molecule has 0 aromatic heterocycles. The highest BCUT2D eigenvalue weighted by Gasteiger charge is 2.18. The largest absolute Gasteiger partial charge is 0.322 e. The molecule has 0 atom stereocenters. The summed E-state index contributed by atoms with van der Waals surface area (Å²) < 4.78 is 0. The third-order valence-electron chi connectivity index (χ3n) is 5.87. The second-order valence-corrected chi connectivity index (χ2v) is 8.69. The summed E-state index contributed by atoms with van der Waals surface area (Å²) in [4.78, 5) is 47.4. The van der Waals surface area contributed by atoms with Crippen LogP contribution < -0.4 is 10.6 Å². The molecule has 0 saturated carbocycles. The Balaban J connectivity index is 1.66. The van der Waals surface area contributed by atoms with Crippen LogP contribution in [0.15, 0.2) is 95.2 Å². The summed E-state index contributed by atoms with van der Waals surface area (Å²) in [5.41, 5.74) is 1.78. The van der Waals surface area contributed by atoms with Crippen LogP contribution in [0.4, 0.5) is 34.1 Å². The van der Waals surface area contributed by atoms with Crippen molar-refractivity contribution in [2.45, 2.75) is 13.8 Å². The van der Waals surface area contributed by atoms with E-state index in [4.69, 9.17) is 0 Å². The molecule has 12 nitrogen and oxygen atoms in total. The Morgan fingerprint density at radius 2 is 1.23 bits per heavy atom. The summed E-state index contributed by atoms with van der Waals surface area (Å²) in [7, 11) is 0. The van der Waals surface area contributed by atoms with E-state index in [1.165, 1.54) is 54.6 Å². The Bertz CT molecular complexity index is 1670.